The first-order valence-corrected chi connectivity index (χ1v) is 9.37. The molecule has 3 aromatic carbocycles. The van der Waals surface area contributed by atoms with Gasteiger partial charge in [0.1, 0.15) is 18.8 Å². The van der Waals surface area contributed by atoms with Gasteiger partial charge in [-0.1, -0.05) is 66.7 Å². The van der Waals surface area contributed by atoms with Gasteiger partial charge in [-0.3, -0.25) is 0 Å². The summed E-state index contributed by atoms with van der Waals surface area (Å²) in [6.07, 6.45) is -4.71. The predicted molar refractivity (Wildman–Crippen MR) is 107 cm³/mol. The predicted octanol–water partition coefficient (Wildman–Crippen LogP) is 6.49. The molecule has 0 aromatic heterocycles. The zero-order valence-corrected chi connectivity index (χ0v) is 16.3. The molecule has 1 unspecified atom stereocenters. The zero-order valence-electron chi connectivity index (χ0n) is 16.3. The molecule has 0 saturated carbocycles. The first-order chi connectivity index (χ1) is 14.4. The Morgan fingerprint density at radius 3 is 1.87 bits per heavy atom. The van der Waals surface area contributed by atoms with E-state index in [2.05, 4.69) is 0 Å². The van der Waals surface area contributed by atoms with E-state index in [9.17, 15) is 18.4 Å². The number of ether oxygens (including phenoxy) is 2. The van der Waals surface area contributed by atoms with Crippen LogP contribution in [0.15, 0.2) is 72.8 Å². The van der Waals surface area contributed by atoms with Gasteiger partial charge in [0, 0.05) is 0 Å². The molecular weight excluding hydrogens is 391 g/mol. The minimum Gasteiger partial charge on any atom is -0.485 e. The van der Waals surface area contributed by atoms with Crippen LogP contribution >= 0.6 is 0 Å². The second-order valence-electron chi connectivity index (χ2n) is 6.75. The minimum absolute atomic E-state index is 0.0176. The largest absolute Gasteiger partial charge is 0.485 e. The smallest absolute Gasteiger partial charge is 0.420 e. The standard InChI is InChI=1S/C24H20F3NO2/c1-17(14-28)20-12-13-21(29-15-18-8-4-2-5-9-18)23(22(20)24(25,26)27)30-16-19-10-6-3-7-11-19/h2-13,17H,15-16H2,1H3. The molecule has 0 aliphatic rings. The normalized spacial score (nSPS) is 12.1. The van der Waals surface area contributed by atoms with Crippen molar-refractivity contribution in [3.05, 3.63) is 95.1 Å². The number of benzene rings is 3. The van der Waals surface area contributed by atoms with Crippen molar-refractivity contribution >= 4 is 0 Å². The third-order valence-electron chi connectivity index (χ3n) is 4.56. The Morgan fingerprint density at radius 2 is 1.37 bits per heavy atom. The van der Waals surface area contributed by atoms with E-state index in [4.69, 9.17) is 9.47 Å². The summed E-state index contributed by atoms with van der Waals surface area (Å²) in [6, 6.07) is 22.6. The molecule has 3 rings (SSSR count). The molecule has 0 N–H and O–H groups in total. The van der Waals surface area contributed by atoms with Crippen LogP contribution in [0.4, 0.5) is 13.2 Å². The summed E-state index contributed by atoms with van der Waals surface area (Å²) in [5.74, 6) is -1.37. The Labute approximate surface area is 173 Å². The van der Waals surface area contributed by atoms with Crippen molar-refractivity contribution in [3.63, 3.8) is 0 Å². The lowest BCUT2D eigenvalue weighted by atomic mass is 9.95. The van der Waals surface area contributed by atoms with Crippen molar-refractivity contribution in [2.24, 2.45) is 0 Å². The van der Waals surface area contributed by atoms with E-state index in [0.717, 1.165) is 11.1 Å². The lowest BCUT2D eigenvalue weighted by molar-refractivity contribution is -0.139. The summed E-state index contributed by atoms with van der Waals surface area (Å²) in [7, 11) is 0. The van der Waals surface area contributed by atoms with E-state index >= 15 is 0 Å². The first kappa shape index (κ1) is 21.3. The van der Waals surface area contributed by atoms with E-state index in [0.29, 0.717) is 0 Å². The van der Waals surface area contributed by atoms with E-state index < -0.39 is 23.4 Å². The third kappa shape index (κ3) is 5.12. The second kappa shape index (κ2) is 9.36. The highest BCUT2D eigenvalue weighted by Gasteiger charge is 2.40. The average molecular weight is 411 g/mol. The number of rotatable bonds is 7. The molecule has 1 atom stereocenters. The van der Waals surface area contributed by atoms with Crippen molar-refractivity contribution in [1.29, 1.82) is 5.26 Å². The van der Waals surface area contributed by atoms with Gasteiger partial charge < -0.3 is 9.47 Å². The van der Waals surface area contributed by atoms with Crippen LogP contribution in [0.3, 0.4) is 0 Å². The first-order valence-electron chi connectivity index (χ1n) is 9.37. The van der Waals surface area contributed by atoms with Crippen LogP contribution in [0.5, 0.6) is 11.5 Å². The van der Waals surface area contributed by atoms with Gasteiger partial charge in [-0.2, -0.15) is 18.4 Å². The summed E-state index contributed by atoms with van der Waals surface area (Å²) in [5, 5.41) is 9.21. The quantitative estimate of drug-likeness (QED) is 0.446. The molecule has 30 heavy (non-hydrogen) atoms. The fourth-order valence-electron chi connectivity index (χ4n) is 3.02. The molecule has 0 aliphatic heterocycles. The van der Waals surface area contributed by atoms with E-state index in [1.54, 1.807) is 24.3 Å². The van der Waals surface area contributed by atoms with Gasteiger partial charge in [-0.15, -0.1) is 0 Å². The molecule has 0 saturated heterocycles. The highest BCUT2D eigenvalue weighted by molar-refractivity contribution is 5.54. The summed E-state index contributed by atoms with van der Waals surface area (Å²) in [6.45, 7) is 1.46. The van der Waals surface area contributed by atoms with Crippen LogP contribution in [0, 0.1) is 11.3 Å². The van der Waals surface area contributed by atoms with Gasteiger partial charge >= 0.3 is 6.18 Å². The van der Waals surface area contributed by atoms with E-state index in [-0.39, 0.29) is 24.5 Å². The molecule has 154 valence electrons. The zero-order chi connectivity index (χ0) is 21.6. The van der Waals surface area contributed by atoms with Crippen LogP contribution in [0.25, 0.3) is 0 Å². The van der Waals surface area contributed by atoms with Crippen LogP contribution in [-0.4, -0.2) is 0 Å². The lowest BCUT2D eigenvalue weighted by Crippen LogP contribution is -2.15. The Balaban J connectivity index is 2.02. The van der Waals surface area contributed by atoms with Gasteiger partial charge in [0.2, 0.25) is 0 Å². The Hall–Kier alpha value is -3.46. The van der Waals surface area contributed by atoms with Gasteiger partial charge in [0.15, 0.2) is 11.5 Å². The molecular formula is C24H20F3NO2. The van der Waals surface area contributed by atoms with Crippen molar-refractivity contribution in [1.82, 2.24) is 0 Å². The summed E-state index contributed by atoms with van der Waals surface area (Å²) >= 11 is 0. The maximum Gasteiger partial charge on any atom is 0.420 e. The molecule has 0 aliphatic carbocycles. The third-order valence-corrected chi connectivity index (χ3v) is 4.56. The molecule has 0 fully saturated rings. The highest BCUT2D eigenvalue weighted by Crippen LogP contribution is 2.46. The highest BCUT2D eigenvalue weighted by atomic mass is 19.4. The van der Waals surface area contributed by atoms with Gasteiger partial charge in [-0.25, -0.2) is 0 Å². The molecule has 3 aromatic rings. The number of hydrogen-bond acceptors (Lipinski definition) is 3. The second-order valence-corrected chi connectivity index (χ2v) is 6.75. The van der Waals surface area contributed by atoms with Crippen LogP contribution in [0.2, 0.25) is 0 Å². The monoisotopic (exact) mass is 411 g/mol. The Kier molecular flexibility index (Phi) is 6.63. The SMILES string of the molecule is CC(C#N)c1ccc(OCc2ccccc2)c(OCc2ccccc2)c1C(F)(F)F. The summed E-state index contributed by atoms with van der Waals surface area (Å²) in [4.78, 5) is 0. The average Bonchev–Trinajstić information content (AvgIpc) is 2.76. The molecule has 6 heteroatoms. The van der Waals surface area contributed by atoms with Gasteiger partial charge in [0.25, 0.3) is 0 Å². The maximum atomic E-state index is 14.0. The molecule has 3 nitrogen and oxygen atoms in total. The number of nitrogens with zero attached hydrogens (tertiary/aromatic N) is 1. The minimum atomic E-state index is -4.71. The molecule has 0 bridgehead atoms. The number of hydrogen-bond donors (Lipinski definition) is 0. The Bertz CT molecular complexity index is 1010. The topological polar surface area (TPSA) is 42.2 Å². The number of alkyl halides is 3. The van der Waals surface area contributed by atoms with Crippen molar-refractivity contribution < 1.29 is 22.6 Å². The van der Waals surface area contributed by atoms with Crippen molar-refractivity contribution in [2.75, 3.05) is 0 Å². The van der Waals surface area contributed by atoms with Crippen molar-refractivity contribution in [3.8, 4) is 17.6 Å². The lowest BCUT2D eigenvalue weighted by Gasteiger charge is -2.22. The molecule has 0 radical (unpaired) electrons. The van der Waals surface area contributed by atoms with Crippen LogP contribution < -0.4 is 9.47 Å². The van der Waals surface area contributed by atoms with Crippen molar-refractivity contribution in [2.45, 2.75) is 32.2 Å². The molecule has 0 spiro atoms. The number of nitriles is 1. The maximum absolute atomic E-state index is 14.0. The van der Waals surface area contributed by atoms with E-state index in [1.165, 1.54) is 19.1 Å². The fraction of sp³-hybridized carbons (Fsp3) is 0.208. The number of halogens is 3. The van der Waals surface area contributed by atoms with Gasteiger partial charge in [-0.05, 0) is 29.7 Å². The van der Waals surface area contributed by atoms with Crippen LogP contribution in [0.1, 0.15) is 35.1 Å². The van der Waals surface area contributed by atoms with E-state index in [1.807, 2.05) is 42.5 Å². The van der Waals surface area contributed by atoms with Crippen LogP contribution in [-0.2, 0) is 19.4 Å². The summed E-state index contributed by atoms with van der Waals surface area (Å²) in [5.41, 5.74) is 0.422. The molecule has 0 heterocycles. The van der Waals surface area contributed by atoms with Gasteiger partial charge in [0.05, 0.1) is 12.0 Å². The summed E-state index contributed by atoms with van der Waals surface area (Å²) < 4.78 is 53.4. The fourth-order valence-corrected chi connectivity index (χ4v) is 3.02. The molecule has 0 amide bonds. The Morgan fingerprint density at radius 1 is 0.833 bits per heavy atom.